The molecule has 1 atom stereocenters. The highest BCUT2D eigenvalue weighted by atomic mass is 79.9. The van der Waals surface area contributed by atoms with Crippen molar-refractivity contribution in [3.8, 4) is 0 Å². The Kier molecular flexibility index (Phi) is 4.50. The molecule has 0 radical (unpaired) electrons. The monoisotopic (exact) mass is 309 g/mol. The van der Waals surface area contributed by atoms with Crippen molar-refractivity contribution in [2.45, 2.75) is 58.5 Å². The van der Waals surface area contributed by atoms with Gasteiger partial charge in [-0.1, -0.05) is 41.9 Å². The fraction of sp³-hybridized carbons (Fsp3) is 0.625. The molecule has 100 valence electrons. The van der Waals surface area contributed by atoms with Gasteiger partial charge in [0, 0.05) is 16.6 Å². The van der Waals surface area contributed by atoms with Gasteiger partial charge in [0.15, 0.2) is 0 Å². The second-order valence-electron chi connectivity index (χ2n) is 6.38. The normalized spacial score (nSPS) is 21.8. The van der Waals surface area contributed by atoms with E-state index in [2.05, 4.69) is 66.3 Å². The molecule has 0 spiro atoms. The van der Waals surface area contributed by atoms with Crippen LogP contribution in [0.1, 0.15) is 58.1 Å². The molecule has 1 unspecified atom stereocenters. The van der Waals surface area contributed by atoms with E-state index in [1.165, 1.54) is 31.2 Å². The van der Waals surface area contributed by atoms with Crippen LogP contribution in [-0.2, 0) is 0 Å². The average molecular weight is 310 g/mol. The van der Waals surface area contributed by atoms with E-state index >= 15 is 0 Å². The molecule has 1 aliphatic carbocycles. The Hall–Kier alpha value is -0.340. The number of hydrogen-bond acceptors (Lipinski definition) is 1. The predicted molar refractivity (Wildman–Crippen MR) is 81.7 cm³/mol. The first-order chi connectivity index (χ1) is 8.46. The SMILES string of the molecule is CC(NC1CCC(C)(C)CC1)c1ccc(Br)cc1. The summed E-state index contributed by atoms with van der Waals surface area (Å²) in [5.74, 6) is 0. The third-order valence-electron chi connectivity index (χ3n) is 4.19. The van der Waals surface area contributed by atoms with Crippen LogP contribution in [0.5, 0.6) is 0 Å². The highest BCUT2D eigenvalue weighted by Gasteiger charge is 2.27. The first-order valence-electron chi connectivity index (χ1n) is 6.98. The molecule has 0 aliphatic heterocycles. The summed E-state index contributed by atoms with van der Waals surface area (Å²) in [5.41, 5.74) is 1.93. The summed E-state index contributed by atoms with van der Waals surface area (Å²) in [6.45, 7) is 7.05. The number of rotatable bonds is 3. The predicted octanol–water partition coefficient (Wildman–Crippen LogP) is 5.07. The molecule has 1 aromatic carbocycles. The van der Waals surface area contributed by atoms with Crippen LogP contribution < -0.4 is 5.32 Å². The van der Waals surface area contributed by atoms with E-state index in [0.717, 1.165) is 4.47 Å². The number of benzene rings is 1. The fourth-order valence-corrected chi connectivity index (χ4v) is 3.03. The molecule has 1 aromatic rings. The van der Waals surface area contributed by atoms with Crippen molar-refractivity contribution in [2.24, 2.45) is 5.41 Å². The maximum atomic E-state index is 3.78. The zero-order chi connectivity index (χ0) is 13.2. The second kappa shape index (κ2) is 5.75. The summed E-state index contributed by atoms with van der Waals surface area (Å²) in [6.07, 6.45) is 5.32. The number of hydrogen-bond donors (Lipinski definition) is 1. The quantitative estimate of drug-likeness (QED) is 0.822. The van der Waals surface area contributed by atoms with Gasteiger partial charge in [-0.2, -0.15) is 0 Å². The molecule has 1 aliphatic rings. The lowest BCUT2D eigenvalue weighted by molar-refractivity contribution is 0.200. The van der Waals surface area contributed by atoms with Crippen molar-refractivity contribution >= 4 is 15.9 Å². The first kappa shape index (κ1) is 14.1. The summed E-state index contributed by atoms with van der Waals surface area (Å²) < 4.78 is 1.15. The summed E-state index contributed by atoms with van der Waals surface area (Å²) in [7, 11) is 0. The molecule has 0 bridgehead atoms. The lowest BCUT2D eigenvalue weighted by atomic mass is 9.75. The van der Waals surface area contributed by atoms with E-state index in [4.69, 9.17) is 0 Å². The molecule has 18 heavy (non-hydrogen) atoms. The maximum Gasteiger partial charge on any atom is 0.0294 e. The van der Waals surface area contributed by atoms with E-state index in [1.807, 2.05) is 0 Å². The van der Waals surface area contributed by atoms with Crippen LogP contribution >= 0.6 is 15.9 Å². The van der Waals surface area contributed by atoms with Crippen LogP contribution in [0.4, 0.5) is 0 Å². The van der Waals surface area contributed by atoms with Crippen molar-refractivity contribution in [3.63, 3.8) is 0 Å². The highest BCUT2D eigenvalue weighted by Crippen LogP contribution is 2.35. The topological polar surface area (TPSA) is 12.0 Å². The second-order valence-corrected chi connectivity index (χ2v) is 7.29. The Morgan fingerprint density at radius 3 is 2.28 bits per heavy atom. The van der Waals surface area contributed by atoms with Gasteiger partial charge in [0.05, 0.1) is 0 Å². The molecule has 2 heteroatoms. The molecule has 0 amide bonds. The van der Waals surface area contributed by atoms with E-state index in [-0.39, 0.29) is 0 Å². The zero-order valence-electron chi connectivity index (χ0n) is 11.7. The maximum absolute atomic E-state index is 3.78. The van der Waals surface area contributed by atoms with Gasteiger partial charge in [-0.3, -0.25) is 0 Å². The van der Waals surface area contributed by atoms with Gasteiger partial charge in [-0.05, 0) is 55.7 Å². The number of halogens is 1. The summed E-state index contributed by atoms with van der Waals surface area (Å²) in [4.78, 5) is 0. The molecule has 0 saturated heterocycles. The minimum atomic E-state index is 0.448. The molecule has 1 nitrogen and oxygen atoms in total. The van der Waals surface area contributed by atoms with Crippen LogP contribution in [-0.4, -0.2) is 6.04 Å². The summed E-state index contributed by atoms with van der Waals surface area (Å²) in [5, 5.41) is 3.78. The van der Waals surface area contributed by atoms with Crippen LogP contribution in [0.3, 0.4) is 0 Å². The van der Waals surface area contributed by atoms with E-state index in [0.29, 0.717) is 17.5 Å². The Balaban J connectivity index is 1.88. The fourth-order valence-electron chi connectivity index (χ4n) is 2.77. The smallest absolute Gasteiger partial charge is 0.0294 e. The Morgan fingerprint density at radius 2 is 1.72 bits per heavy atom. The average Bonchev–Trinajstić information content (AvgIpc) is 2.33. The lowest BCUT2D eigenvalue weighted by Gasteiger charge is -2.36. The van der Waals surface area contributed by atoms with Crippen LogP contribution in [0.15, 0.2) is 28.7 Å². The van der Waals surface area contributed by atoms with Crippen molar-refractivity contribution in [1.29, 1.82) is 0 Å². The Morgan fingerprint density at radius 1 is 1.17 bits per heavy atom. The van der Waals surface area contributed by atoms with Crippen molar-refractivity contribution in [1.82, 2.24) is 5.32 Å². The minimum absolute atomic E-state index is 0.448. The van der Waals surface area contributed by atoms with E-state index in [9.17, 15) is 0 Å². The molecule has 1 saturated carbocycles. The van der Waals surface area contributed by atoms with Gasteiger partial charge in [-0.15, -0.1) is 0 Å². The molecule has 1 fully saturated rings. The van der Waals surface area contributed by atoms with Crippen LogP contribution in [0.2, 0.25) is 0 Å². The van der Waals surface area contributed by atoms with Gasteiger partial charge in [-0.25, -0.2) is 0 Å². The minimum Gasteiger partial charge on any atom is -0.307 e. The van der Waals surface area contributed by atoms with Gasteiger partial charge in [0.2, 0.25) is 0 Å². The van der Waals surface area contributed by atoms with Gasteiger partial charge < -0.3 is 5.32 Å². The van der Waals surface area contributed by atoms with Gasteiger partial charge in [0.25, 0.3) is 0 Å². The highest BCUT2D eigenvalue weighted by molar-refractivity contribution is 9.10. The summed E-state index contributed by atoms with van der Waals surface area (Å²) >= 11 is 3.49. The molecule has 0 heterocycles. The van der Waals surface area contributed by atoms with Gasteiger partial charge in [0.1, 0.15) is 0 Å². The lowest BCUT2D eigenvalue weighted by Crippen LogP contribution is -2.36. The Bertz CT molecular complexity index is 373. The summed E-state index contributed by atoms with van der Waals surface area (Å²) in [6, 6.07) is 9.79. The van der Waals surface area contributed by atoms with Crippen LogP contribution in [0.25, 0.3) is 0 Å². The molecule has 0 aromatic heterocycles. The molecule has 2 rings (SSSR count). The van der Waals surface area contributed by atoms with Crippen molar-refractivity contribution in [3.05, 3.63) is 34.3 Å². The largest absolute Gasteiger partial charge is 0.307 e. The zero-order valence-corrected chi connectivity index (χ0v) is 13.3. The third kappa shape index (κ3) is 3.83. The first-order valence-corrected chi connectivity index (χ1v) is 7.77. The molecular formula is C16H24BrN. The van der Waals surface area contributed by atoms with Crippen molar-refractivity contribution < 1.29 is 0 Å². The molecule has 1 N–H and O–H groups in total. The number of nitrogens with one attached hydrogen (secondary N) is 1. The molecular weight excluding hydrogens is 286 g/mol. The third-order valence-corrected chi connectivity index (χ3v) is 4.72. The van der Waals surface area contributed by atoms with Crippen LogP contribution in [0, 0.1) is 5.41 Å². The van der Waals surface area contributed by atoms with Crippen molar-refractivity contribution in [2.75, 3.05) is 0 Å². The van der Waals surface area contributed by atoms with Gasteiger partial charge >= 0.3 is 0 Å². The standard InChI is InChI=1S/C16H24BrN/c1-12(13-4-6-14(17)7-5-13)18-15-8-10-16(2,3)11-9-15/h4-7,12,15,18H,8-11H2,1-3H3. The van der Waals surface area contributed by atoms with E-state index < -0.39 is 0 Å². The van der Waals surface area contributed by atoms with E-state index in [1.54, 1.807) is 0 Å². The Labute approximate surface area is 119 Å².